The minimum absolute atomic E-state index is 0.0197. The molecule has 0 amide bonds. The third-order valence-corrected chi connectivity index (χ3v) is 2.18. The fourth-order valence-electron chi connectivity index (χ4n) is 1.35. The molecule has 1 aromatic carbocycles. The van der Waals surface area contributed by atoms with Crippen LogP contribution in [0.25, 0.3) is 0 Å². The number of nitro groups is 1. The maximum absolute atomic E-state index is 12.7. The molecule has 0 saturated carbocycles. The highest BCUT2D eigenvalue weighted by Gasteiger charge is 2.12. The summed E-state index contributed by atoms with van der Waals surface area (Å²) in [6, 6.07) is 7.47. The number of nitrogens with one attached hydrogen (secondary N) is 1. The normalized spacial score (nSPS) is 10.0. The van der Waals surface area contributed by atoms with Crippen LogP contribution in [0, 0.1) is 15.9 Å². The number of aromatic nitrogens is 1. The SMILES string of the molecule is NNc1cc([N+](=O)[O-])cc(Oc2ccc(F)cc2)n1. The van der Waals surface area contributed by atoms with Gasteiger partial charge < -0.3 is 10.2 Å². The first-order valence-corrected chi connectivity index (χ1v) is 5.15. The third-order valence-electron chi connectivity index (χ3n) is 2.18. The summed E-state index contributed by atoms with van der Waals surface area (Å²) >= 11 is 0. The van der Waals surface area contributed by atoms with E-state index in [2.05, 4.69) is 10.4 Å². The second kappa shape index (κ2) is 5.27. The zero-order valence-electron chi connectivity index (χ0n) is 9.54. The van der Waals surface area contributed by atoms with Crippen LogP contribution in [0.15, 0.2) is 36.4 Å². The Labute approximate surface area is 107 Å². The van der Waals surface area contributed by atoms with Crippen molar-refractivity contribution in [2.75, 3.05) is 5.43 Å². The molecule has 8 heteroatoms. The highest BCUT2D eigenvalue weighted by atomic mass is 19.1. The summed E-state index contributed by atoms with van der Waals surface area (Å²) in [4.78, 5) is 14.0. The zero-order chi connectivity index (χ0) is 13.8. The van der Waals surface area contributed by atoms with Crippen molar-refractivity contribution in [1.82, 2.24) is 4.98 Å². The molecular formula is C11H9FN4O3. The summed E-state index contributed by atoms with van der Waals surface area (Å²) in [7, 11) is 0. The summed E-state index contributed by atoms with van der Waals surface area (Å²) in [6.07, 6.45) is 0. The van der Waals surface area contributed by atoms with Gasteiger partial charge in [-0.1, -0.05) is 0 Å². The molecule has 0 unspecified atom stereocenters. The van der Waals surface area contributed by atoms with E-state index in [-0.39, 0.29) is 17.4 Å². The summed E-state index contributed by atoms with van der Waals surface area (Å²) < 4.78 is 18.0. The third kappa shape index (κ3) is 3.13. The molecule has 1 heterocycles. The number of nitrogen functional groups attached to an aromatic ring is 1. The van der Waals surface area contributed by atoms with Crippen LogP contribution in [0.3, 0.4) is 0 Å². The van der Waals surface area contributed by atoms with Gasteiger partial charge in [-0.15, -0.1) is 0 Å². The Kier molecular flexibility index (Phi) is 3.53. The molecule has 0 bridgehead atoms. The quantitative estimate of drug-likeness (QED) is 0.498. The first-order chi connectivity index (χ1) is 9.08. The molecule has 0 atom stereocenters. The highest BCUT2D eigenvalue weighted by molar-refractivity contribution is 5.48. The standard InChI is InChI=1S/C11H9FN4O3/c12-7-1-3-9(4-2-7)19-11-6-8(16(17)18)5-10(14-11)15-13/h1-6H,13H2,(H,14,15). The van der Waals surface area contributed by atoms with Crippen LogP contribution >= 0.6 is 0 Å². The Balaban J connectivity index is 2.31. The average molecular weight is 264 g/mol. The van der Waals surface area contributed by atoms with Crippen LogP contribution in [0.5, 0.6) is 11.6 Å². The van der Waals surface area contributed by atoms with Gasteiger partial charge in [0.25, 0.3) is 5.69 Å². The van der Waals surface area contributed by atoms with Crippen LogP contribution in [-0.2, 0) is 0 Å². The van der Waals surface area contributed by atoms with E-state index in [4.69, 9.17) is 10.6 Å². The predicted octanol–water partition coefficient (Wildman–Crippen LogP) is 2.21. The van der Waals surface area contributed by atoms with Gasteiger partial charge in [-0.2, -0.15) is 4.98 Å². The van der Waals surface area contributed by atoms with Crippen molar-refractivity contribution in [1.29, 1.82) is 0 Å². The molecule has 7 nitrogen and oxygen atoms in total. The first kappa shape index (κ1) is 12.7. The summed E-state index contributed by atoms with van der Waals surface area (Å²) in [5, 5.41) is 10.7. The van der Waals surface area contributed by atoms with Crippen molar-refractivity contribution in [3.8, 4) is 11.6 Å². The Bertz CT molecular complexity index is 603. The topological polar surface area (TPSA) is 103 Å². The molecule has 1 aromatic heterocycles. The first-order valence-electron chi connectivity index (χ1n) is 5.15. The number of rotatable bonds is 4. The van der Waals surface area contributed by atoms with E-state index in [1.165, 1.54) is 24.3 Å². The van der Waals surface area contributed by atoms with Gasteiger partial charge in [-0.25, -0.2) is 10.2 Å². The summed E-state index contributed by atoms with van der Waals surface area (Å²) in [5.41, 5.74) is 1.98. The van der Waals surface area contributed by atoms with Crippen molar-refractivity contribution < 1.29 is 14.1 Å². The molecule has 0 spiro atoms. The molecule has 0 radical (unpaired) electrons. The van der Waals surface area contributed by atoms with Gasteiger partial charge in [0, 0.05) is 0 Å². The summed E-state index contributed by atoms with van der Waals surface area (Å²) in [6.45, 7) is 0. The molecule has 0 aliphatic heterocycles. The smallest absolute Gasteiger partial charge is 0.278 e. The lowest BCUT2D eigenvalue weighted by Gasteiger charge is -2.06. The minimum Gasteiger partial charge on any atom is -0.439 e. The zero-order valence-corrected chi connectivity index (χ0v) is 9.54. The van der Waals surface area contributed by atoms with Crippen molar-refractivity contribution >= 4 is 11.5 Å². The van der Waals surface area contributed by atoms with Crippen LogP contribution in [0.2, 0.25) is 0 Å². The van der Waals surface area contributed by atoms with Gasteiger partial charge in [0.15, 0.2) is 5.82 Å². The predicted molar refractivity (Wildman–Crippen MR) is 65.2 cm³/mol. The largest absolute Gasteiger partial charge is 0.439 e. The molecule has 2 rings (SSSR count). The maximum Gasteiger partial charge on any atom is 0.278 e. The number of halogens is 1. The van der Waals surface area contributed by atoms with Crippen LogP contribution in [-0.4, -0.2) is 9.91 Å². The molecule has 0 aliphatic rings. The van der Waals surface area contributed by atoms with Gasteiger partial charge in [0.2, 0.25) is 5.88 Å². The molecule has 98 valence electrons. The fourth-order valence-corrected chi connectivity index (χ4v) is 1.35. The van der Waals surface area contributed by atoms with Gasteiger partial charge >= 0.3 is 0 Å². The Hall–Kier alpha value is -2.74. The average Bonchev–Trinajstić information content (AvgIpc) is 2.41. The number of nitrogens with zero attached hydrogens (tertiary/aromatic N) is 2. The number of ether oxygens (including phenoxy) is 1. The van der Waals surface area contributed by atoms with E-state index in [9.17, 15) is 14.5 Å². The van der Waals surface area contributed by atoms with E-state index in [0.717, 1.165) is 12.1 Å². The minimum atomic E-state index is -0.597. The van der Waals surface area contributed by atoms with E-state index in [0.29, 0.717) is 5.75 Å². The lowest BCUT2D eigenvalue weighted by Crippen LogP contribution is -2.09. The summed E-state index contributed by atoms with van der Waals surface area (Å²) in [5.74, 6) is 5.12. The number of anilines is 1. The van der Waals surface area contributed by atoms with E-state index >= 15 is 0 Å². The van der Waals surface area contributed by atoms with Gasteiger partial charge in [-0.05, 0) is 24.3 Å². The number of benzene rings is 1. The molecular weight excluding hydrogens is 255 g/mol. The second-order valence-electron chi connectivity index (χ2n) is 3.51. The van der Waals surface area contributed by atoms with Gasteiger partial charge in [0.05, 0.1) is 17.1 Å². The Morgan fingerprint density at radius 2 is 2.00 bits per heavy atom. The lowest BCUT2D eigenvalue weighted by molar-refractivity contribution is -0.384. The Morgan fingerprint density at radius 1 is 1.32 bits per heavy atom. The molecule has 2 aromatic rings. The van der Waals surface area contributed by atoms with Crippen LogP contribution in [0.4, 0.5) is 15.9 Å². The number of nitrogens with two attached hydrogens (primary N) is 1. The van der Waals surface area contributed by atoms with Crippen molar-refractivity contribution in [3.05, 3.63) is 52.3 Å². The second-order valence-corrected chi connectivity index (χ2v) is 3.51. The molecule has 0 aliphatic carbocycles. The number of hydrogen-bond donors (Lipinski definition) is 2. The van der Waals surface area contributed by atoms with Gasteiger partial charge in [-0.3, -0.25) is 10.1 Å². The van der Waals surface area contributed by atoms with E-state index in [1.807, 2.05) is 0 Å². The molecule has 0 fully saturated rings. The lowest BCUT2D eigenvalue weighted by atomic mass is 10.3. The number of hydrazine groups is 1. The van der Waals surface area contributed by atoms with E-state index < -0.39 is 10.7 Å². The number of pyridine rings is 1. The monoisotopic (exact) mass is 264 g/mol. The van der Waals surface area contributed by atoms with Crippen LogP contribution in [0.1, 0.15) is 0 Å². The molecule has 0 saturated heterocycles. The number of hydrogen-bond acceptors (Lipinski definition) is 6. The highest BCUT2D eigenvalue weighted by Crippen LogP contribution is 2.26. The van der Waals surface area contributed by atoms with Gasteiger partial charge in [0.1, 0.15) is 11.6 Å². The van der Waals surface area contributed by atoms with Crippen molar-refractivity contribution in [3.63, 3.8) is 0 Å². The molecule has 3 N–H and O–H groups in total. The molecule has 19 heavy (non-hydrogen) atoms. The van der Waals surface area contributed by atoms with E-state index in [1.54, 1.807) is 0 Å². The van der Waals surface area contributed by atoms with Crippen LogP contribution < -0.4 is 16.0 Å². The Morgan fingerprint density at radius 3 is 2.58 bits per heavy atom. The maximum atomic E-state index is 12.7. The van der Waals surface area contributed by atoms with Crippen molar-refractivity contribution in [2.24, 2.45) is 5.84 Å². The fraction of sp³-hybridized carbons (Fsp3) is 0. The van der Waals surface area contributed by atoms with Crippen molar-refractivity contribution in [2.45, 2.75) is 0 Å².